The zero-order chi connectivity index (χ0) is 22.1. The van der Waals surface area contributed by atoms with E-state index in [9.17, 15) is 14.9 Å². The molecule has 3 aromatic rings. The molecule has 0 fully saturated rings. The summed E-state index contributed by atoms with van der Waals surface area (Å²) in [7, 11) is 0. The first-order valence-electron chi connectivity index (χ1n) is 9.29. The van der Waals surface area contributed by atoms with Crippen molar-refractivity contribution in [2.45, 2.75) is 0 Å². The highest BCUT2D eigenvalue weighted by atomic mass is 32.1. The molecule has 8 nitrogen and oxygen atoms in total. The number of nitrogens with zero attached hydrogens (tertiary/aromatic N) is 1. The number of carbonyl (C=O) groups excluding carboxylic acids is 1. The first kappa shape index (κ1) is 21.7. The zero-order valence-corrected chi connectivity index (χ0v) is 17.1. The number of hydrogen-bond donors (Lipinski definition) is 2. The van der Waals surface area contributed by atoms with Crippen LogP contribution in [-0.2, 0) is 0 Å². The minimum atomic E-state index is -0.565. The van der Waals surface area contributed by atoms with Gasteiger partial charge < -0.3 is 14.8 Å². The second-order valence-electron chi connectivity index (χ2n) is 6.25. The number of anilines is 1. The van der Waals surface area contributed by atoms with E-state index in [-0.39, 0.29) is 16.4 Å². The number of thiocarbonyl (C=S) groups is 1. The van der Waals surface area contributed by atoms with Gasteiger partial charge in [0.15, 0.2) is 5.11 Å². The van der Waals surface area contributed by atoms with Gasteiger partial charge in [-0.2, -0.15) is 0 Å². The van der Waals surface area contributed by atoms with Crippen molar-refractivity contribution in [3.05, 3.63) is 94.5 Å². The summed E-state index contributed by atoms with van der Waals surface area (Å²) in [6.07, 6.45) is 0. The number of nitro groups is 1. The van der Waals surface area contributed by atoms with Gasteiger partial charge in [0.05, 0.1) is 4.92 Å². The van der Waals surface area contributed by atoms with E-state index in [2.05, 4.69) is 10.6 Å². The average Bonchev–Trinajstić information content (AvgIpc) is 2.78. The fourth-order valence-electron chi connectivity index (χ4n) is 2.57. The van der Waals surface area contributed by atoms with Crippen molar-refractivity contribution in [3.63, 3.8) is 0 Å². The minimum Gasteiger partial charge on any atom is -0.490 e. The number of nitrogens with one attached hydrogen (secondary N) is 2. The summed E-state index contributed by atoms with van der Waals surface area (Å²) in [6, 6.07) is 21.9. The third-order valence-electron chi connectivity index (χ3n) is 4.02. The molecule has 0 aliphatic carbocycles. The summed E-state index contributed by atoms with van der Waals surface area (Å²) in [6.45, 7) is 0.803. The van der Waals surface area contributed by atoms with E-state index in [4.69, 9.17) is 21.7 Å². The van der Waals surface area contributed by atoms with Crippen LogP contribution in [0.25, 0.3) is 0 Å². The predicted octanol–water partition coefficient (Wildman–Crippen LogP) is 4.18. The van der Waals surface area contributed by atoms with Crippen LogP contribution in [-0.4, -0.2) is 29.2 Å². The number of non-ortho nitro benzene ring substituents is 1. The van der Waals surface area contributed by atoms with Crippen LogP contribution in [0.3, 0.4) is 0 Å². The Morgan fingerprint density at radius 2 is 1.55 bits per heavy atom. The van der Waals surface area contributed by atoms with Crippen molar-refractivity contribution in [1.29, 1.82) is 0 Å². The molecule has 0 aliphatic heterocycles. The van der Waals surface area contributed by atoms with E-state index in [1.807, 2.05) is 30.3 Å². The van der Waals surface area contributed by atoms with E-state index >= 15 is 0 Å². The van der Waals surface area contributed by atoms with Crippen LogP contribution < -0.4 is 20.1 Å². The topological polar surface area (TPSA) is 103 Å². The Hall–Kier alpha value is -3.98. The molecule has 0 unspecified atom stereocenters. The Balaban J connectivity index is 1.44. The summed E-state index contributed by atoms with van der Waals surface area (Å²) < 4.78 is 11.2. The van der Waals surface area contributed by atoms with Gasteiger partial charge in [-0.1, -0.05) is 24.3 Å². The van der Waals surface area contributed by atoms with E-state index < -0.39 is 10.8 Å². The van der Waals surface area contributed by atoms with Crippen LogP contribution in [0, 0.1) is 10.1 Å². The summed E-state index contributed by atoms with van der Waals surface area (Å²) >= 11 is 5.14. The molecule has 3 rings (SSSR count). The summed E-state index contributed by atoms with van der Waals surface area (Å²) in [5.41, 5.74) is 0.619. The largest absolute Gasteiger partial charge is 0.490 e. The van der Waals surface area contributed by atoms with Gasteiger partial charge in [-0.15, -0.1) is 0 Å². The van der Waals surface area contributed by atoms with Gasteiger partial charge in [0.25, 0.3) is 11.6 Å². The molecule has 0 atom stereocenters. The van der Waals surface area contributed by atoms with Crippen molar-refractivity contribution in [3.8, 4) is 11.5 Å². The number of benzene rings is 3. The Kier molecular flexibility index (Phi) is 7.50. The number of carbonyl (C=O) groups is 1. The molecule has 0 spiro atoms. The monoisotopic (exact) mass is 437 g/mol. The van der Waals surface area contributed by atoms with Gasteiger partial charge in [0.2, 0.25) is 0 Å². The Bertz CT molecular complexity index is 1060. The van der Waals surface area contributed by atoms with Gasteiger partial charge in [-0.05, 0) is 54.7 Å². The highest BCUT2D eigenvalue weighted by Crippen LogP contribution is 2.16. The number of hydrogen-bond acceptors (Lipinski definition) is 6. The second kappa shape index (κ2) is 10.7. The molecule has 0 aromatic heterocycles. The smallest absolute Gasteiger partial charge is 0.270 e. The van der Waals surface area contributed by atoms with Crippen LogP contribution in [0.2, 0.25) is 0 Å². The van der Waals surface area contributed by atoms with E-state index in [1.165, 1.54) is 24.3 Å². The molecular weight excluding hydrogens is 418 g/mol. The quantitative estimate of drug-likeness (QED) is 0.236. The molecule has 158 valence electrons. The number of rotatable bonds is 8. The number of nitro benzene ring substituents is 1. The molecule has 2 N–H and O–H groups in total. The van der Waals surface area contributed by atoms with Crippen LogP contribution in [0.15, 0.2) is 78.9 Å². The Morgan fingerprint density at radius 1 is 0.903 bits per heavy atom. The third-order valence-corrected chi connectivity index (χ3v) is 4.23. The molecule has 9 heteroatoms. The Morgan fingerprint density at radius 3 is 2.19 bits per heavy atom. The van der Waals surface area contributed by atoms with Gasteiger partial charge in [-0.3, -0.25) is 20.2 Å². The normalized spacial score (nSPS) is 10.1. The van der Waals surface area contributed by atoms with Crippen molar-refractivity contribution >= 4 is 34.6 Å². The SMILES string of the molecule is O=C(NC(=S)Nc1ccc(OCCOc2ccccc2)cc1)c1cccc([N+](=O)[O-])c1. The van der Waals surface area contributed by atoms with Crippen LogP contribution >= 0.6 is 12.2 Å². The summed E-state index contributed by atoms with van der Waals surface area (Å²) in [4.78, 5) is 22.5. The summed E-state index contributed by atoms with van der Waals surface area (Å²) in [5, 5.41) is 16.3. The van der Waals surface area contributed by atoms with E-state index in [0.717, 1.165) is 5.75 Å². The molecule has 1 amide bonds. The van der Waals surface area contributed by atoms with Crippen LogP contribution in [0.5, 0.6) is 11.5 Å². The van der Waals surface area contributed by atoms with Crippen LogP contribution in [0.4, 0.5) is 11.4 Å². The standard InChI is InChI=1S/C22H19N3O5S/c26-21(16-5-4-6-18(15-16)25(27)28)24-22(31)23-17-9-11-20(12-10-17)30-14-13-29-19-7-2-1-3-8-19/h1-12,15H,13-14H2,(H2,23,24,26,31). The van der Waals surface area contributed by atoms with Gasteiger partial charge in [-0.25, -0.2) is 0 Å². The van der Waals surface area contributed by atoms with E-state index in [1.54, 1.807) is 24.3 Å². The first-order valence-corrected chi connectivity index (χ1v) is 9.69. The number of para-hydroxylation sites is 1. The lowest BCUT2D eigenvalue weighted by Gasteiger charge is -2.11. The molecule has 0 saturated carbocycles. The maximum Gasteiger partial charge on any atom is 0.270 e. The maximum absolute atomic E-state index is 12.2. The lowest BCUT2D eigenvalue weighted by molar-refractivity contribution is -0.384. The number of ether oxygens (including phenoxy) is 2. The van der Waals surface area contributed by atoms with Gasteiger partial charge in [0, 0.05) is 23.4 Å². The maximum atomic E-state index is 12.2. The molecule has 0 saturated heterocycles. The van der Waals surface area contributed by atoms with E-state index in [0.29, 0.717) is 24.7 Å². The molecular formula is C22H19N3O5S. The predicted molar refractivity (Wildman–Crippen MR) is 121 cm³/mol. The Labute approximate surface area is 184 Å². The fraction of sp³-hybridized carbons (Fsp3) is 0.0909. The van der Waals surface area contributed by atoms with Crippen molar-refractivity contribution in [2.24, 2.45) is 0 Å². The summed E-state index contributed by atoms with van der Waals surface area (Å²) in [5.74, 6) is 0.902. The van der Waals surface area contributed by atoms with Crippen molar-refractivity contribution in [2.75, 3.05) is 18.5 Å². The molecule has 0 bridgehead atoms. The molecule has 0 radical (unpaired) electrons. The molecule has 31 heavy (non-hydrogen) atoms. The fourth-order valence-corrected chi connectivity index (χ4v) is 2.78. The molecule has 0 heterocycles. The highest BCUT2D eigenvalue weighted by molar-refractivity contribution is 7.80. The zero-order valence-electron chi connectivity index (χ0n) is 16.3. The first-order chi connectivity index (χ1) is 15.0. The third kappa shape index (κ3) is 6.79. The lowest BCUT2D eigenvalue weighted by atomic mass is 10.2. The second-order valence-corrected chi connectivity index (χ2v) is 6.66. The highest BCUT2D eigenvalue weighted by Gasteiger charge is 2.12. The molecule has 0 aliphatic rings. The minimum absolute atomic E-state index is 0.0708. The van der Waals surface area contributed by atoms with Crippen LogP contribution in [0.1, 0.15) is 10.4 Å². The molecule has 3 aromatic carbocycles. The average molecular weight is 437 g/mol. The van der Waals surface area contributed by atoms with Crippen molar-refractivity contribution < 1.29 is 19.2 Å². The van der Waals surface area contributed by atoms with Crippen molar-refractivity contribution in [1.82, 2.24) is 5.32 Å². The van der Waals surface area contributed by atoms with Gasteiger partial charge in [0.1, 0.15) is 24.7 Å². The van der Waals surface area contributed by atoms with Gasteiger partial charge >= 0.3 is 0 Å². The lowest BCUT2D eigenvalue weighted by Crippen LogP contribution is -2.34. The number of amides is 1.